The van der Waals surface area contributed by atoms with Crippen molar-refractivity contribution in [1.29, 1.82) is 0 Å². The largest absolute Gasteiger partial charge is 0.341 e. The first-order chi connectivity index (χ1) is 8.13. The molecular formula is C11H21N3O3. The lowest BCUT2D eigenvalue weighted by atomic mass is 10.1. The number of hydroxylamine groups is 1. The first-order valence-corrected chi connectivity index (χ1v) is 6.11. The first-order valence-electron chi connectivity index (χ1n) is 6.11. The number of nitrogens with one attached hydrogen (secondary N) is 1. The van der Waals surface area contributed by atoms with Gasteiger partial charge in [-0.1, -0.05) is 13.3 Å². The number of hydrogen-bond donors (Lipinski definition) is 2. The average molecular weight is 243 g/mol. The molecule has 1 aliphatic heterocycles. The molecule has 0 aromatic rings. The summed E-state index contributed by atoms with van der Waals surface area (Å²) in [6, 6.07) is -0.655. The second-order valence-corrected chi connectivity index (χ2v) is 4.26. The topological polar surface area (TPSA) is 84.7 Å². The zero-order valence-electron chi connectivity index (χ0n) is 10.3. The number of piperidine rings is 1. The van der Waals surface area contributed by atoms with Crippen LogP contribution < -0.4 is 11.2 Å². The van der Waals surface area contributed by atoms with Crippen LogP contribution in [0.15, 0.2) is 0 Å². The molecule has 1 saturated heterocycles. The van der Waals surface area contributed by atoms with Gasteiger partial charge in [0.15, 0.2) is 0 Å². The van der Waals surface area contributed by atoms with Crippen LogP contribution in [0.1, 0.15) is 32.6 Å². The van der Waals surface area contributed by atoms with E-state index in [4.69, 9.17) is 5.73 Å². The summed E-state index contributed by atoms with van der Waals surface area (Å²) in [6.45, 7) is 4.13. The van der Waals surface area contributed by atoms with Gasteiger partial charge in [-0.3, -0.25) is 4.79 Å². The molecule has 0 aromatic heterocycles. The van der Waals surface area contributed by atoms with E-state index in [1.807, 2.05) is 0 Å². The standard InChI is InChI=1S/C11H21N3O3/c1-2-10(15)17-13-11(16)9(12)8-14-6-4-3-5-7-14/h9H,2-8,12H2,1H3,(H,13,16)/t9-/m0/s1. The van der Waals surface area contributed by atoms with Crippen molar-refractivity contribution in [3.63, 3.8) is 0 Å². The summed E-state index contributed by atoms with van der Waals surface area (Å²) in [5, 5.41) is 0. The van der Waals surface area contributed by atoms with Crippen molar-refractivity contribution in [3.05, 3.63) is 0 Å². The fourth-order valence-electron chi connectivity index (χ4n) is 1.76. The molecule has 1 rings (SSSR count). The Labute approximate surface area is 101 Å². The number of nitrogens with zero attached hydrogens (tertiary/aromatic N) is 1. The van der Waals surface area contributed by atoms with Crippen molar-refractivity contribution in [2.75, 3.05) is 19.6 Å². The molecule has 0 spiro atoms. The SMILES string of the molecule is CCC(=O)ONC(=O)[C@@H](N)CN1CCCCC1. The van der Waals surface area contributed by atoms with Crippen LogP contribution in [0.3, 0.4) is 0 Å². The molecule has 17 heavy (non-hydrogen) atoms. The Morgan fingerprint density at radius 3 is 2.59 bits per heavy atom. The number of amides is 1. The molecule has 6 heteroatoms. The van der Waals surface area contributed by atoms with Gasteiger partial charge in [0.05, 0.1) is 0 Å². The Balaban J connectivity index is 2.23. The molecule has 0 bridgehead atoms. The third-order valence-electron chi connectivity index (χ3n) is 2.79. The number of likely N-dealkylation sites (tertiary alicyclic amines) is 1. The Morgan fingerprint density at radius 2 is 2.00 bits per heavy atom. The lowest BCUT2D eigenvalue weighted by Gasteiger charge is -2.28. The molecule has 98 valence electrons. The normalized spacial score (nSPS) is 18.5. The minimum Gasteiger partial charge on any atom is -0.341 e. The van der Waals surface area contributed by atoms with E-state index in [-0.39, 0.29) is 6.42 Å². The van der Waals surface area contributed by atoms with Crippen molar-refractivity contribution in [2.24, 2.45) is 5.73 Å². The van der Waals surface area contributed by atoms with Gasteiger partial charge >= 0.3 is 5.97 Å². The second-order valence-electron chi connectivity index (χ2n) is 4.26. The molecule has 1 amide bonds. The predicted molar refractivity (Wildman–Crippen MR) is 62.8 cm³/mol. The van der Waals surface area contributed by atoms with E-state index >= 15 is 0 Å². The Kier molecular flexibility index (Phi) is 5.93. The van der Waals surface area contributed by atoms with Gasteiger partial charge in [-0.15, -0.1) is 0 Å². The van der Waals surface area contributed by atoms with Gasteiger partial charge in [0.25, 0.3) is 5.91 Å². The highest BCUT2D eigenvalue weighted by atomic mass is 16.7. The summed E-state index contributed by atoms with van der Waals surface area (Å²) in [4.78, 5) is 29.0. The minimum absolute atomic E-state index is 0.224. The van der Waals surface area contributed by atoms with Gasteiger partial charge in [0, 0.05) is 13.0 Å². The van der Waals surface area contributed by atoms with Gasteiger partial charge in [-0.05, 0) is 25.9 Å². The maximum absolute atomic E-state index is 11.5. The second kappa shape index (κ2) is 7.24. The summed E-state index contributed by atoms with van der Waals surface area (Å²) in [5.74, 6) is -0.916. The molecule has 0 aliphatic carbocycles. The average Bonchev–Trinajstić information content (AvgIpc) is 2.36. The van der Waals surface area contributed by atoms with Gasteiger partial charge in [0.2, 0.25) is 0 Å². The van der Waals surface area contributed by atoms with Crippen molar-refractivity contribution in [1.82, 2.24) is 10.4 Å². The molecule has 1 aliphatic rings. The van der Waals surface area contributed by atoms with E-state index in [0.717, 1.165) is 25.9 Å². The van der Waals surface area contributed by atoms with E-state index in [2.05, 4.69) is 15.2 Å². The van der Waals surface area contributed by atoms with Crippen LogP contribution in [0.4, 0.5) is 0 Å². The van der Waals surface area contributed by atoms with Gasteiger partial charge in [-0.2, -0.15) is 5.48 Å². The molecule has 0 aromatic carbocycles. The predicted octanol–water partition coefficient (Wildman–Crippen LogP) is -0.216. The van der Waals surface area contributed by atoms with Crippen LogP contribution in [0.25, 0.3) is 0 Å². The zero-order chi connectivity index (χ0) is 12.7. The first kappa shape index (κ1) is 13.9. The summed E-state index contributed by atoms with van der Waals surface area (Å²) < 4.78 is 0. The van der Waals surface area contributed by atoms with Crippen molar-refractivity contribution < 1.29 is 14.4 Å². The van der Waals surface area contributed by atoms with Crippen molar-refractivity contribution in [2.45, 2.75) is 38.6 Å². The fourth-order valence-corrected chi connectivity index (χ4v) is 1.76. The van der Waals surface area contributed by atoms with E-state index in [1.54, 1.807) is 6.92 Å². The highest BCUT2D eigenvalue weighted by Crippen LogP contribution is 2.08. The van der Waals surface area contributed by atoms with Gasteiger partial charge in [0.1, 0.15) is 6.04 Å². The van der Waals surface area contributed by atoms with Crippen molar-refractivity contribution in [3.8, 4) is 0 Å². The molecule has 3 N–H and O–H groups in total. The number of carbonyl (C=O) groups is 2. The van der Waals surface area contributed by atoms with Crippen LogP contribution in [0.5, 0.6) is 0 Å². The van der Waals surface area contributed by atoms with Crippen LogP contribution >= 0.6 is 0 Å². The molecule has 1 heterocycles. The molecule has 1 atom stereocenters. The van der Waals surface area contributed by atoms with E-state index in [0.29, 0.717) is 6.54 Å². The maximum atomic E-state index is 11.5. The Hall–Kier alpha value is -1.14. The summed E-state index contributed by atoms with van der Waals surface area (Å²) in [6.07, 6.45) is 3.77. The summed E-state index contributed by atoms with van der Waals surface area (Å²) in [7, 11) is 0. The third kappa shape index (κ3) is 5.14. The molecule has 1 fully saturated rings. The smallest absolute Gasteiger partial charge is 0.331 e. The summed E-state index contributed by atoms with van der Waals surface area (Å²) >= 11 is 0. The van der Waals surface area contributed by atoms with Crippen molar-refractivity contribution >= 4 is 11.9 Å². The molecular weight excluding hydrogens is 222 g/mol. The van der Waals surface area contributed by atoms with Crippen LogP contribution in [-0.2, 0) is 14.4 Å². The van der Waals surface area contributed by atoms with E-state index in [1.165, 1.54) is 6.42 Å². The minimum atomic E-state index is -0.655. The lowest BCUT2D eigenvalue weighted by molar-refractivity contribution is -0.158. The molecule has 0 unspecified atom stereocenters. The Bertz CT molecular complexity index is 265. The molecule has 6 nitrogen and oxygen atoms in total. The number of carbonyl (C=O) groups excluding carboxylic acids is 2. The van der Waals surface area contributed by atoms with E-state index in [9.17, 15) is 9.59 Å². The van der Waals surface area contributed by atoms with E-state index < -0.39 is 17.9 Å². The van der Waals surface area contributed by atoms with Crippen LogP contribution in [0, 0.1) is 0 Å². The van der Waals surface area contributed by atoms with Crippen LogP contribution in [0.2, 0.25) is 0 Å². The lowest BCUT2D eigenvalue weighted by Crippen LogP contribution is -2.49. The Morgan fingerprint density at radius 1 is 1.35 bits per heavy atom. The van der Waals surface area contributed by atoms with Gasteiger partial charge in [-0.25, -0.2) is 4.79 Å². The number of rotatable bonds is 4. The quantitative estimate of drug-likeness (QED) is 0.667. The fraction of sp³-hybridized carbons (Fsp3) is 0.818. The highest BCUT2D eigenvalue weighted by Gasteiger charge is 2.19. The number of nitrogens with two attached hydrogens (primary N) is 1. The van der Waals surface area contributed by atoms with Gasteiger partial charge < -0.3 is 15.5 Å². The highest BCUT2D eigenvalue weighted by molar-refractivity contribution is 5.82. The maximum Gasteiger partial charge on any atom is 0.331 e. The third-order valence-corrected chi connectivity index (χ3v) is 2.79. The summed E-state index contributed by atoms with van der Waals surface area (Å²) in [5.41, 5.74) is 7.81. The number of hydrogen-bond acceptors (Lipinski definition) is 5. The molecule has 0 saturated carbocycles. The van der Waals surface area contributed by atoms with Crippen LogP contribution in [-0.4, -0.2) is 42.5 Å². The monoisotopic (exact) mass is 243 g/mol. The molecule has 0 radical (unpaired) electrons. The zero-order valence-corrected chi connectivity index (χ0v) is 10.3.